The second-order valence-corrected chi connectivity index (χ2v) is 10.5. The Hall–Kier alpha value is -3.26. The van der Waals surface area contributed by atoms with Crippen LogP contribution in [0.15, 0.2) is 53.4 Å². The number of benzene rings is 3. The molecule has 1 N–H and O–H groups in total. The lowest BCUT2D eigenvalue weighted by Crippen LogP contribution is -2.46. The molecule has 0 bridgehead atoms. The van der Waals surface area contributed by atoms with Crippen LogP contribution in [0.3, 0.4) is 0 Å². The second-order valence-electron chi connectivity index (χ2n) is 8.84. The van der Waals surface area contributed by atoms with E-state index >= 15 is 4.39 Å². The number of ether oxygens (including phenoxy) is 3. The van der Waals surface area contributed by atoms with E-state index in [2.05, 4.69) is 4.83 Å². The predicted molar refractivity (Wildman–Crippen MR) is 123 cm³/mol. The molecule has 2 aliphatic rings. The molecule has 0 radical (unpaired) electrons. The Morgan fingerprint density at radius 1 is 0.921 bits per heavy atom. The Morgan fingerprint density at radius 2 is 1.50 bits per heavy atom. The molecule has 7 nitrogen and oxygen atoms in total. The third-order valence-electron chi connectivity index (χ3n) is 6.34. The number of methoxy groups -OCH3 is 1. The highest BCUT2D eigenvalue weighted by molar-refractivity contribution is 7.89. The van der Waals surface area contributed by atoms with Gasteiger partial charge in [0, 0.05) is 44.0 Å². The summed E-state index contributed by atoms with van der Waals surface area (Å²) in [6, 6.07) is 5.85. The first-order valence-electron chi connectivity index (χ1n) is 11.4. The number of rotatable bonds is 7. The van der Waals surface area contributed by atoms with E-state index in [1.165, 1.54) is 12.1 Å². The summed E-state index contributed by atoms with van der Waals surface area (Å²) in [4.78, 5) is 1.53. The Morgan fingerprint density at radius 3 is 2.05 bits per heavy atom. The number of fused-ring (bicyclic) bond motifs is 1. The van der Waals surface area contributed by atoms with Crippen LogP contribution < -0.4 is 14.3 Å². The highest BCUT2D eigenvalue weighted by Gasteiger charge is 2.50. The summed E-state index contributed by atoms with van der Waals surface area (Å²) in [6.07, 6.45) is 1.35. The Balaban J connectivity index is 1.57. The number of hydrogen-bond donors (Lipinski definition) is 1. The van der Waals surface area contributed by atoms with Gasteiger partial charge in [0.1, 0.15) is 34.0 Å². The zero-order valence-corrected chi connectivity index (χ0v) is 20.6. The average molecular weight is 557 g/mol. The molecule has 1 fully saturated rings. The monoisotopic (exact) mass is 556 g/mol. The topological polar surface area (TPSA) is 77.1 Å². The Bertz CT molecular complexity index is 1450. The van der Waals surface area contributed by atoms with Crippen molar-refractivity contribution in [2.75, 3.05) is 20.3 Å². The van der Waals surface area contributed by atoms with Crippen molar-refractivity contribution in [3.8, 4) is 11.5 Å². The number of halogens is 5. The number of hydrazine groups is 1. The van der Waals surface area contributed by atoms with Crippen LogP contribution in [0.25, 0.3) is 0 Å². The van der Waals surface area contributed by atoms with E-state index in [1.807, 2.05) is 0 Å². The van der Waals surface area contributed by atoms with Crippen molar-refractivity contribution in [1.29, 1.82) is 0 Å². The van der Waals surface area contributed by atoms with Crippen molar-refractivity contribution >= 4 is 10.0 Å². The van der Waals surface area contributed by atoms with Crippen LogP contribution in [0.1, 0.15) is 24.0 Å². The molecule has 13 heteroatoms. The molecular weight excluding hydrogens is 535 g/mol. The van der Waals surface area contributed by atoms with E-state index in [0.717, 1.165) is 30.3 Å². The van der Waals surface area contributed by atoms with Crippen LogP contribution >= 0.6 is 0 Å². The summed E-state index contributed by atoms with van der Waals surface area (Å²) in [5.41, 5.74) is -1.02. The largest absolute Gasteiger partial charge is 0.440 e. The molecule has 1 atom stereocenters. The van der Waals surface area contributed by atoms with Crippen molar-refractivity contribution in [3.63, 3.8) is 0 Å². The van der Waals surface area contributed by atoms with Gasteiger partial charge in [0.25, 0.3) is 10.0 Å². The predicted octanol–water partition coefficient (Wildman–Crippen LogP) is 4.36. The van der Waals surface area contributed by atoms with Gasteiger partial charge in [0.05, 0.1) is 17.7 Å². The summed E-state index contributed by atoms with van der Waals surface area (Å²) in [5.74, 6) is -8.76. The van der Waals surface area contributed by atoms with Gasteiger partial charge in [0.15, 0.2) is 11.5 Å². The van der Waals surface area contributed by atoms with Gasteiger partial charge in [-0.1, -0.05) is 0 Å². The maximum atomic E-state index is 15.1. The van der Waals surface area contributed by atoms with Crippen molar-refractivity contribution < 1.29 is 44.6 Å². The van der Waals surface area contributed by atoms with Gasteiger partial charge >= 0.3 is 5.79 Å². The van der Waals surface area contributed by atoms with Crippen LogP contribution in [-0.4, -0.2) is 39.7 Å². The first-order valence-corrected chi connectivity index (χ1v) is 12.9. The lowest BCUT2D eigenvalue weighted by molar-refractivity contribution is -0.0516. The van der Waals surface area contributed by atoms with E-state index in [-0.39, 0.29) is 24.1 Å². The molecule has 0 amide bonds. The lowest BCUT2D eigenvalue weighted by Gasteiger charge is -2.29. The van der Waals surface area contributed by atoms with E-state index in [9.17, 15) is 26.0 Å². The Kier molecular flexibility index (Phi) is 6.80. The molecule has 202 valence electrons. The smallest absolute Gasteiger partial charge is 0.311 e. The molecule has 3 aromatic rings. The standard InChI is InChI=1S/C25H21F5N2O5S/c1-35-13-16-3-2-8-32(16)31-38(33,34)24-12-23-22(11-21(24)30)36-25(37-23,17-6-4-14(26)9-19(17)28)18-7-5-15(27)10-20(18)29/h4-7,9-12,16,31H,2-3,8,13H2,1H3/t16-/m0/s1. The first-order chi connectivity index (χ1) is 18.0. The first kappa shape index (κ1) is 26.4. The molecule has 0 aromatic heterocycles. The quantitative estimate of drug-likeness (QED) is 0.436. The number of nitrogens with one attached hydrogen (secondary N) is 1. The summed E-state index contributed by atoms with van der Waals surface area (Å²) in [5, 5.41) is 1.43. The maximum Gasteiger partial charge on any atom is 0.311 e. The fraction of sp³-hybridized carbons (Fsp3) is 0.280. The van der Waals surface area contributed by atoms with E-state index in [4.69, 9.17) is 14.2 Å². The fourth-order valence-corrected chi connectivity index (χ4v) is 5.84. The molecule has 2 aliphatic heterocycles. The normalized spacial score (nSPS) is 18.7. The molecule has 2 heterocycles. The third kappa shape index (κ3) is 4.59. The zero-order chi connectivity index (χ0) is 27.2. The van der Waals surface area contributed by atoms with Gasteiger partial charge in [-0.05, 0) is 37.1 Å². The van der Waals surface area contributed by atoms with Crippen LogP contribution in [0.4, 0.5) is 22.0 Å². The fourth-order valence-electron chi connectivity index (χ4n) is 4.62. The van der Waals surface area contributed by atoms with Gasteiger partial charge < -0.3 is 14.2 Å². The molecule has 1 saturated heterocycles. The van der Waals surface area contributed by atoms with Gasteiger partial charge in [-0.25, -0.2) is 35.4 Å². The molecule has 38 heavy (non-hydrogen) atoms. The molecule has 0 aliphatic carbocycles. The maximum absolute atomic E-state index is 15.1. The second kappa shape index (κ2) is 9.80. The summed E-state index contributed by atoms with van der Waals surface area (Å²) < 4.78 is 115. The van der Waals surface area contributed by atoms with E-state index in [1.54, 1.807) is 0 Å². The minimum Gasteiger partial charge on any atom is -0.440 e. The van der Waals surface area contributed by atoms with Crippen LogP contribution in [0.5, 0.6) is 11.5 Å². The van der Waals surface area contributed by atoms with Crippen molar-refractivity contribution in [2.45, 2.75) is 29.6 Å². The highest BCUT2D eigenvalue weighted by Crippen LogP contribution is 2.50. The molecule has 0 spiro atoms. The SMILES string of the molecule is COC[C@@H]1CCCN1NS(=O)(=O)c1cc2c(cc1F)OC(c1ccc(F)cc1F)(c1ccc(F)cc1F)O2. The summed E-state index contributed by atoms with van der Waals surface area (Å²) in [6.45, 7) is 0.622. The van der Waals surface area contributed by atoms with Gasteiger partial charge in [-0.3, -0.25) is 0 Å². The van der Waals surface area contributed by atoms with Gasteiger partial charge in [-0.2, -0.15) is 0 Å². The number of nitrogens with zero attached hydrogens (tertiary/aromatic N) is 1. The zero-order valence-electron chi connectivity index (χ0n) is 19.8. The molecular formula is C25H21F5N2O5S. The number of hydrogen-bond acceptors (Lipinski definition) is 6. The minimum absolute atomic E-state index is 0.251. The highest BCUT2D eigenvalue weighted by atomic mass is 32.2. The van der Waals surface area contributed by atoms with E-state index < -0.39 is 60.9 Å². The van der Waals surface area contributed by atoms with Crippen molar-refractivity contribution in [3.05, 3.63) is 88.7 Å². The van der Waals surface area contributed by atoms with Gasteiger partial charge in [-0.15, -0.1) is 4.83 Å². The van der Waals surface area contributed by atoms with E-state index in [0.29, 0.717) is 37.6 Å². The Labute approximate surface area is 214 Å². The lowest BCUT2D eigenvalue weighted by atomic mass is 9.96. The summed E-state index contributed by atoms with van der Waals surface area (Å²) >= 11 is 0. The van der Waals surface area contributed by atoms with Crippen molar-refractivity contribution in [2.24, 2.45) is 0 Å². The van der Waals surface area contributed by atoms with Crippen LogP contribution in [-0.2, 0) is 20.5 Å². The average Bonchev–Trinajstić information content (AvgIpc) is 3.42. The molecule has 3 aromatic carbocycles. The van der Waals surface area contributed by atoms with Gasteiger partial charge in [0.2, 0.25) is 0 Å². The van der Waals surface area contributed by atoms with Crippen LogP contribution in [0, 0.1) is 29.1 Å². The summed E-state index contributed by atoms with van der Waals surface area (Å²) in [7, 11) is -3.00. The number of sulfonamides is 1. The molecule has 0 saturated carbocycles. The van der Waals surface area contributed by atoms with Crippen LogP contribution in [0.2, 0.25) is 0 Å². The molecule has 0 unspecified atom stereocenters. The molecule has 5 rings (SSSR count). The van der Waals surface area contributed by atoms with Crippen molar-refractivity contribution in [1.82, 2.24) is 9.84 Å². The third-order valence-corrected chi connectivity index (χ3v) is 7.71. The minimum atomic E-state index is -4.48.